The van der Waals surface area contributed by atoms with Crippen molar-refractivity contribution in [1.29, 1.82) is 0 Å². The van der Waals surface area contributed by atoms with Crippen LogP contribution in [0.1, 0.15) is 18.4 Å². The van der Waals surface area contributed by atoms with Crippen LogP contribution in [-0.2, 0) is 6.42 Å². The van der Waals surface area contributed by atoms with E-state index in [-0.39, 0.29) is 0 Å². The van der Waals surface area contributed by atoms with Crippen LogP contribution in [-0.4, -0.2) is 0 Å². The zero-order valence-electron chi connectivity index (χ0n) is 7.95. The van der Waals surface area contributed by atoms with Gasteiger partial charge >= 0.3 is 0 Å². The highest BCUT2D eigenvalue weighted by Crippen LogP contribution is 2.02. The normalized spacial score (nSPS) is 10.5. The first-order chi connectivity index (χ1) is 6.43. The highest BCUT2D eigenvalue weighted by molar-refractivity contribution is 5.15. The van der Waals surface area contributed by atoms with Gasteiger partial charge in [-0.25, -0.2) is 0 Å². The van der Waals surface area contributed by atoms with Gasteiger partial charge in [0.05, 0.1) is 0 Å². The summed E-state index contributed by atoms with van der Waals surface area (Å²) in [4.78, 5) is 0. The van der Waals surface area contributed by atoms with E-state index in [1.54, 1.807) is 0 Å². The van der Waals surface area contributed by atoms with Gasteiger partial charge in [0.25, 0.3) is 0 Å². The number of hydrogen-bond donors (Lipinski definition) is 0. The summed E-state index contributed by atoms with van der Waals surface area (Å²) in [5, 5.41) is 0. The Morgan fingerprint density at radius 2 is 1.85 bits per heavy atom. The molecule has 0 spiro atoms. The first-order valence-electron chi connectivity index (χ1n) is 4.73. The Morgan fingerprint density at radius 1 is 1.08 bits per heavy atom. The van der Waals surface area contributed by atoms with Gasteiger partial charge in [0.2, 0.25) is 0 Å². The maximum atomic E-state index is 3.67. The van der Waals surface area contributed by atoms with Crippen molar-refractivity contribution in [2.75, 3.05) is 0 Å². The molecule has 0 aliphatic carbocycles. The Labute approximate surface area is 80.6 Å². The quantitative estimate of drug-likeness (QED) is 0.593. The second-order valence-electron chi connectivity index (χ2n) is 3.02. The van der Waals surface area contributed by atoms with Crippen molar-refractivity contribution in [2.45, 2.75) is 19.3 Å². The van der Waals surface area contributed by atoms with Gasteiger partial charge in [0, 0.05) is 0 Å². The van der Waals surface area contributed by atoms with Crippen molar-refractivity contribution >= 4 is 0 Å². The molecule has 68 valence electrons. The number of hydrogen-bond acceptors (Lipinski definition) is 0. The number of rotatable bonds is 5. The second-order valence-corrected chi connectivity index (χ2v) is 3.02. The Kier molecular flexibility index (Phi) is 4.70. The fourth-order valence-electron chi connectivity index (χ4n) is 1.20. The predicted octanol–water partition coefficient (Wildman–Crippen LogP) is 3.75. The zero-order valence-corrected chi connectivity index (χ0v) is 7.95. The van der Waals surface area contributed by atoms with Crippen molar-refractivity contribution in [3.8, 4) is 0 Å². The minimum absolute atomic E-state index is 0.981. The fraction of sp³-hybridized carbons (Fsp3) is 0.231. The fourth-order valence-corrected chi connectivity index (χ4v) is 1.20. The summed E-state index contributed by atoms with van der Waals surface area (Å²) in [6.45, 7) is 3.67. The van der Waals surface area contributed by atoms with E-state index in [4.69, 9.17) is 0 Å². The Hall–Kier alpha value is -1.30. The third-order valence-corrected chi connectivity index (χ3v) is 1.91. The molecule has 1 aromatic rings. The molecule has 0 heterocycles. The predicted molar refractivity (Wildman–Crippen MR) is 58.7 cm³/mol. The molecule has 0 radical (unpaired) electrons. The number of benzene rings is 1. The van der Waals surface area contributed by atoms with E-state index in [9.17, 15) is 0 Å². The molecular formula is C13H16. The van der Waals surface area contributed by atoms with Gasteiger partial charge in [-0.3, -0.25) is 0 Å². The van der Waals surface area contributed by atoms with E-state index >= 15 is 0 Å². The maximum absolute atomic E-state index is 3.67. The molecule has 0 N–H and O–H groups in total. The van der Waals surface area contributed by atoms with Crippen LogP contribution in [0.15, 0.2) is 55.1 Å². The summed E-state index contributed by atoms with van der Waals surface area (Å²) >= 11 is 0. The maximum Gasteiger partial charge on any atom is -0.0172 e. The first kappa shape index (κ1) is 9.79. The number of aryl methyl sites for hydroxylation is 1. The molecule has 0 aromatic heterocycles. The Morgan fingerprint density at radius 3 is 2.54 bits per heavy atom. The van der Waals surface area contributed by atoms with Crippen LogP contribution in [0.3, 0.4) is 0 Å². The molecule has 0 bridgehead atoms. The molecule has 0 aliphatic rings. The molecule has 0 amide bonds. The van der Waals surface area contributed by atoms with Gasteiger partial charge in [-0.1, -0.05) is 48.6 Å². The lowest BCUT2D eigenvalue weighted by atomic mass is 10.1. The largest absolute Gasteiger partial charge is 0.103 e. The molecule has 0 aliphatic heterocycles. The number of allylic oxidation sites excluding steroid dienone is 3. The molecular weight excluding hydrogens is 156 g/mol. The molecule has 0 saturated heterocycles. The van der Waals surface area contributed by atoms with Crippen LogP contribution >= 0.6 is 0 Å². The minimum atomic E-state index is 0.981. The van der Waals surface area contributed by atoms with E-state index in [2.05, 4.69) is 49.1 Å². The van der Waals surface area contributed by atoms with Gasteiger partial charge in [-0.15, -0.1) is 6.58 Å². The first-order valence-corrected chi connectivity index (χ1v) is 4.73. The highest BCUT2D eigenvalue weighted by Gasteiger charge is 1.86. The van der Waals surface area contributed by atoms with Gasteiger partial charge in [0.1, 0.15) is 0 Å². The van der Waals surface area contributed by atoms with Crippen molar-refractivity contribution in [2.24, 2.45) is 0 Å². The van der Waals surface area contributed by atoms with Crippen LogP contribution in [0.2, 0.25) is 0 Å². The molecule has 0 saturated carbocycles. The standard InChI is InChI=1S/C13H16/c1-2-3-4-5-7-10-13-11-8-6-9-12-13/h2,4-6,8-9,11-12H,1,3,7,10H2/b5-4-. The molecule has 0 nitrogen and oxygen atoms in total. The van der Waals surface area contributed by atoms with Crippen molar-refractivity contribution in [3.63, 3.8) is 0 Å². The Bertz CT molecular complexity index is 257. The lowest BCUT2D eigenvalue weighted by molar-refractivity contribution is 0.996. The lowest BCUT2D eigenvalue weighted by Gasteiger charge is -1.95. The molecule has 0 atom stereocenters. The summed E-state index contributed by atoms with van der Waals surface area (Å²) in [7, 11) is 0. The van der Waals surface area contributed by atoms with E-state index in [0.717, 1.165) is 19.3 Å². The van der Waals surface area contributed by atoms with E-state index in [0.29, 0.717) is 0 Å². The van der Waals surface area contributed by atoms with Crippen LogP contribution in [0.25, 0.3) is 0 Å². The highest BCUT2D eigenvalue weighted by atomic mass is 13.9. The van der Waals surface area contributed by atoms with Crippen LogP contribution in [0.5, 0.6) is 0 Å². The molecule has 0 heteroatoms. The van der Waals surface area contributed by atoms with E-state index < -0.39 is 0 Å². The molecule has 0 unspecified atom stereocenters. The van der Waals surface area contributed by atoms with Gasteiger partial charge in [0.15, 0.2) is 0 Å². The summed E-state index contributed by atoms with van der Waals surface area (Å²) < 4.78 is 0. The third-order valence-electron chi connectivity index (χ3n) is 1.91. The smallest absolute Gasteiger partial charge is 0.0172 e. The Balaban J connectivity index is 2.24. The van der Waals surface area contributed by atoms with Crippen molar-refractivity contribution in [1.82, 2.24) is 0 Å². The van der Waals surface area contributed by atoms with Crippen molar-refractivity contribution < 1.29 is 0 Å². The SMILES string of the molecule is C=CC/C=C\CCc1ccccc1. The topological polar surface area (TPSA) is 0 Å². The average Bonchev–Trinajstić information content (AvgIpc) is 2.19. The van der Waals surface area contributed by atoms with Crippen LogP contribution in [0.4, 0.5) is 0 Å². The van der Waals surface area contributed by atoms with Gasteiger partial charge in [-0.05, 0) is 24.8 Å². The van der Waals surface area contributed by atoms with E-state index in [1.165, 1.54) is 5.56 Å². The van der Waals surface area contributed by atoms with Gasteiger partial charge in [-0.2, -0.15) is 0 Å². The zero-order chi connectivity index (χ0) is 9.36. The molecule has 1 rings (SSSR count). The average molecular weight is 172 g/mol. The summed E-state index contributed by atoms with van der Waals surface area (Å²) in [6.07, 6.45) is 9.53. The van der Waals surface area contributed by atoms with Gasteiger partial charge < -0.3 is 0 Å². The second kappa shape index (κ2) is 6.24. The molecule has 1 aromatic carbocycles. The van der Waals surface area contributed by atoms with Crippen LogP contribution in [0, 0.1) is 0 Å². The summed E-state index contributed by atoms with van der Waals surface area (Å²) in [5.41, 5.74) is 1.41. The van der Waals surface area contributed by atoms with Crippen LogP contribution < -0.4 is 0 Å². The summed E-state index contributed by atoms with van der Waals surface area (Å²) in [6, 6.07) is 10.6. The van der Waals surface area contributed by atoms with E-state index in [1.807, 2.05) is 6.08 Å². The molecule has 13 heavy (non-hydrogen) atoms. The third kappa shape index (κ3) is 4.32. The molecule has 0 fully saturated rings. The van der Waals surface area contributed by atoms with Crippen molar-refractivity contribution in [3.05, 3.63) is 60.7 Å². The summed E-state index contributed by atoms with van der Waals surface area (Å²) in [5.74, 6) is 0. The lowest BCUT2D eigenvalue weighted by Crippen LogP contribution is -1.80. The minimum Gasteiger partial charge on any atom is -0.103 e. The monoisotopic (exact) mass is 172 g/mol.